The Balaban J connectivity index is 1.57. The molecule has 7 heteroatoms. The van der Waals surface area contributed by atoms with Gasteiger partial charge in [-0.2, -0.15) is 0 Å². The molecule has 27 heavy (non-hydrogen) atoms. The highest BCUT2D eigenvalue weighted by Gasteiger charge is 2.25. The molecule has 2 N–H and O–H groups in total. The van der Waals surface area contributed by atoms with Crippen molar-refractivity contribution >= 4 is 17.8 Å². The maximum absolute atomic E-state index is 12.4. The number of phenolic OH excluding ortho intramolecular Hbond substituents is 1. The number of phenols is 1. The van der Waals surface area contributed by atoms with Crippen LogP contribution in [0.3, 0.4) is 0 Å². The van der Waals surface area contributed by atoms with Crippen LogP contribution in [0.4, 0.5) is 0 Å². The first-order valence-corrected chi connectivity index (χ1v) is 9.51. The van der Waals surface area contributed by atoms with E-state index < -0.39 is 5.97 Å². The number of likely N-dealkylation sites (tertiary alicyclic amines) is 1. The van der Waals surface area contributed by atoms with Gasteiger partial charge < -0.3 is 20.1 Å². The van der Waals surface area contributed by atoms with Crippen LogP contribution in [0.15, 0.2) is 12.1 Å². The zero-order valence-corrected chi connectivity index (χ0v) is 15.6. The van der Waals surface area contributed by atoms with Crippen molar-refractivity contribution in [2.24, 2.45) is 0 Å². The van der Waals surface area contributed by atoms with Gasteiger partial charge in [0.05, 0.1) is 0 Å². The minimum absolute atomic E-state index is 0.0689. The summed E-state index contributed by atoms with van der Waals surface area (Å²) in [5.41, 5.74) is 2.24. The number of amides is 2. The van der Waals surface area contributed by atoms with Crippen molar-refractivity contribution in [1.82, 2.24) is 10.2 Å². The number of nitrogens with one attached hydrogen (secondary N) is 1. The largest absolute Gasteiger partial charge is 0.507 e. The SMILES string of the molecule is CC(=O)NC1CCCN(C(=O)COC(=O)c2cc3c(cc2O)CCCC3)C1. The molecule has 0 aromatic heterocycles. The van der Waals surface area contributed by atoms with Gasteiger partial charge in [0.25, 0.3) is 5.91 Å². The second-order valence-corrected chi connectivity index (χ2v) is 7.30. The van der Waals surface area contributed by atoms with Crippen molar-refractivity contribution in [2.45, 2.75) is 51.5 Å². The van der Waals surface area contributed by atoms with Crippen LogP contribution in [0, 0.1) is 0 Å². The maximum atomic E-state index is 12.4. The number of hydrogen-bond donors (Lipinski definition) is 2. The number of aromatic hydroxyl groups is 1. The Morgan fingerprint density at radius 3 is 2.59 bits per heavy atom. The summed E-state index contributed by atoms with van der Waals surface area (Å²) in [6, 6.07) is 3.25. The number of carbonyl (C=O) groups is 3. The molecule has 1 aliphatic carbocycles. The Kier molecular flexibility index (Phi) is 5.98. The van der Waals surface area contributed by atoms with E-state index in [0.717, 1.165) is 49.7 Å². The molecule has 1 fully saturated rings. The minimum Gasteiger partial charge on any atom is -0.507 e. The third kappa shape index (κ3) is 4.78. The molecular formula is C20H26N2O5. The molecule has 1 heterocycles. The number of aryl methyl sites for hydroxylation is 2. The van der Waals surface area contributed by atoms with Gasteiger partial charge in [0.2, 0.25) is 5.91 Å². The molecule has 1 aromatic rings. The lowest BCUT2D eigenvalue weighted by Gasteiger charge is -2.32. The lowest BCUT2D eigenvalue weighted by atomic mass is 9.90. The Bertz CT molecular complexity index is 746. The topological polar surface area (TPSA) is 95.9 Å². The zero-order valence-electron chi connectivity index (χ0n) is 15.6. The molecule has 3 rings (SSSR count). The van der Waals surface area contributed by atoms with Crippen LogP contribution in [0.1, 0.15) is 54.1 Å². The molecule has 1 unspecified atom stereocenters. The van der Waals surface area contributed by atoms with Gasteiger partial charge in [0.15, 0.2) is 6.61 Å². The standard InChI is InChI=1S/C20H26N2O5/c1-13(23)21-16-7-4-8-22(11-16)19(25)12-27-20(26)17-9-14-5-2-3-6-15(14)10-18(17)24/h9-10,16,24H,2-8,11-12H2,1H3,(H,21,23). The summed E-state index contributed by atoms with van der Waals surface area (Å²) in [6.45, 7) is 2.08. The van der Waals surface area contributed by atoms with Gasteiger partial charge in [-0.1, -0.05) is 0 Å². The quantitative estimate of drug-likeness (QED) is 0.780. The average molecular weight is 374 g/mol. The van der Waals surface area contributed by atoms with Crippen LogP contribution in [-0.4, -0.2) is 53.5 Å². The highest BCUT2D eigenvalue weighted by Crippen LogP contribution is 2.29. The molecule has 1 saturated heterocycles. The second-order valence-electron chi connectivity index (χ2n) is 7.30. The molecule has 146 valence electrons. The number of fused-ring (bicyclic) bond motifs is 1. The van der Waals surface area contributed by atoms with Crippen LogP contribution < -0.4 is 5.32 Å². The highest BCUT2D eigenvalue weighted by molar-refractivity contribution is 5.94. The monoisotopic (exact) mass is 374 g/mol. The van der Waals surface area contributed by atoms with E-state index in [4.69, 9.17) is 4.74 Å². The summed E-state index contributed by atoms with van der Waals surface area (Å²) >= 11 is 0. The summed E-state index contributed by atoms with van der Waals surface area (Å²) in [6.07, 6.45) is 5.55. The highest BCUT2D eigenvalue weighted by atomic mass is 16.5. The number of esters is 1. The number of hydrogen-bond acceptors (Lipinski definition) is 5. The first kappa shape index (κ1) is 19.2. The fraction of sp³-hybridized carbons (Fsp3) is 0.550. The first-order chi connectivity index (χ1) is 12.9. The van der Waals surface area contributed by atoms with Gasteiger partial charge in [-0.25, -0.2) is 4.79 Å². The van der Waals surface area contributed by atoms with Crippen molar-refractivity contribution < 1.29 is 24.2 Å². The molecular weight excluding hydrogens is 348 g/mol. The molecule has 2 aliphatic rings. The zero-order chi connectivity index (χ0) is 19.4. The predicted molar refractivity (Wildman–Crippen MR) is 98.5 cm³/mol. The fourth-order valence-corrected chi connectivity index (χ4v) is 3.84. The van der Waals surface area contributed by atoms with Crippen LogP contribution in [0.5, 0.6) is 5.75 Å². The molecule has 2 amide bonds. The molecule has 0 saturated carbocycles. The van der Waals surface area contributed by atoms with Gasteiger partial charge in [0.1, 0.15) is 11.3 Å². The molecule has 1 aromatic carbocycles. The number of ether oxygens (including phenoxy) is 1. The Morgan fingerprint density at radius 1 is 1.19 bits per heavy atom. The van der Waals surface area contributed by atoms with E-state index in [0.29, 0.717) is 13.1 Å². The molecule has 0 bridgehead atoms. The van der Waals surface area contributed by atoms with E-state index in [9.17, 15) is 19.5 Å². The molecule has 0 spiro atoms. The van der Waals surface area contributed by atoms with Gasteiger partial charge in [-0.3, -0.25) is 9.59 Å². The van der Waals surface area contributed by atoms with Gasteiger partial charge in [-0.05, 0) is 61.8 Å². The number of nitrogens with zero attached hydrogens (tertiary/aromatic N) is 1. The molecule has 1 aliphatic heterocycles. The predicted octanol–water partition coefficient (Wildman–Crippen LogP) is 1.55. The van der Waals surface area contributed by atoms with Crippen molar-refractivity contribution in [2.75, 3.05) is 19.7 Å². The Morgan fingerprint density at radius 2 is 1.89 bits per heavy atom. The van der Waals surface area contributed by atoms with Crippen LogP contribution in [0.25, 0.3) is 0 Å². The summed E-state index contributed by atoms with van der Waals surface area (Å²) in [4.78, 5) is 37.5. The summed E-state index contributed by atoms with van der Waals surface area (Å²) < 4.78 is 5.15. The van der Waals surface area contributed by atoms with Crippen LogP contribution in [-0.2, 0) is 27.2 Å². The third-order valence-electron chi connectivity index (χ3n) is 5.19. The van der Waals surface area contributed by atoms with Crippen molar-refractivity contribution in [3.63, 3.8) is 0 Å². The minimum atomic E-state index is -0.690. The molecule has 0 radical (unpaired) electrons. The number of piperidine rings is 1. The lowest BCUT2D eigenvalue weighted by molar-refractivity contribution is -0.136. The molecule has 1 atom stereocenters. The van der Waals surface area contributed by atoms with Gasteiger partial charge in [-0.15, -0.1) is 0 Å². The normalized spacial score (nSPS) is 19.1. The third-order valence-corrected chi connectivity index (χ3v) is 5.19. The van der Waals surface area contributed by atoms with Crippen LogP contribution >= 0.6 is 0 Å². The first-order valence-electron chi connectivity index (χ1n) is 9.51. The second kappa shape index (κ2) is 8.41. The average Bonchev–Trinajstić information content (AvgIpc) is 2.65. The van der Waals surface area contributed by atoms with Crippen molar-refractivity contribution in [3.05, 3.63) is 28.8 Å². The number of rotatable bonds is 4. The van der Waals surface area contributed by atoms with E-state index in [1.807, 2.05) is 0 Å². The molecule has 7 nitrogen and oxygen atoms in total. The van der Waals surface area contributed by atoms with E-state index in [1.165, 1.54) is 6.92 Å². The smallest absolute Gasteiger partial charge is 0.342 e. The number of benzene rings is 1. The summed E-state index contributed by atoms with van der Waals surface area (Å²) in [5, 5.41) is 13.0. The number of carbonyl (C=O) groups excluding carboxylic acids is 3. The van der Waals surface area contributed by atoms with Crippen LogP contribution in [0.2, 0.25) is 0 Å². The fourth-order valence-electron chi connectivity index (χ4n) is 3.84. The Hall–Kier alpha value is -2.57. The van der Waals surface area contributed by atoms with E-state index >= 15 is 0 Å². The van der Waals surface area contributed by atoms with Crippen molar-refractivity contribution in [1.29, 1.82) is 0 Å². The van der Waals surface area contributed by atoms with E-state index in [2.05, 4.69) is 5.32 Å². The lowest BCUT2D eigenvalue weighted by Crippen LogP contribution is -2.50. The summed E-state index contributed by atoms with van der Waals surface area (Å²) in [5.74, 6) is -1.21. The van der Waals surface area contributed by atoms with Crippen molar-refractivity contribution in [3.8, 4) is 5.75 Å². The van der Waals surface area contributed by atoms with Gasteiger partial charge >= 0.3 is 5.97 Å². The van der Waals surface area contributed by atoms with E-state index in [1.54, 1.807) is 17.0 Å². The Labute approximate surface area is 158 Å². The van der Waals surface area contributed by atoms with E-state index in [-0.39, 0.29) is 35.8 Å². The van der Waals surface area contributed by atoms with Gasteiger partial charge in [0, 0.05) is 26.1 Å². The maximum Gasteiger partial charge on any atom is 0.342 e. The summed E-state index contributed by atoms with van der Waals surface area (Å²) in [7, 11) is 0.